The van der Waals surface area contributed by atoms with Crippen LogP contribution in [0.3, 0.4) is 0 Å². The average Bonchev–Trinajstić information content (AvgIpc) is 2.39. The molecule has 4 N–H and O–H groups in total. The van der Waals surface area contributed by atoms with Gasteiger partial charge in [-0.1, -0.05) is 27.2 Å². The first-order chi connectivity index (χ1) is 9.36. The minimum atomic E-state index is -1.09. The van der Waals surface area contributed by atoms with Gasteiger partial charge in [0.05, 0.1) is 5.92 Å². The molecule has 1 aliphatic rings. The first kappa shape index (κ1) is 17.0. The number of nitrogens with one attached hydrogen (secondary N) is 1. The van der Waals surface area contributed by atoms with Crippen LogP contribution >= 0.6 is 0 Å². The summed E-state index contributed by atoms with van der Waals surface area (Å²) < 4.78 is 0. The molecule has 5 nitrogen and oxygen atoms in total. The van der Waals surface area contributed by atoms with Crippen LogP contribution in [0.4, 0.5) is 0 Å². The smallest absolute Gasteiger partial charge is 0.329 e. The molecule has 1 rings (SSSR count). The van der Waals surface area contributed by atoms with Gasteiger partial charge in [-0.3, -0.25) is 4.79 Å². The van der Waals surface area contributed by atoms with Gasteiger partial charge in [-0.15, -0.1) is 0 Å². The maximum absolute atomic E-state index is 12.3. The predicted molar refractivity (Wildman–Crippen MR) is 78.1 cm³/mol. The molecule has 1 amide bonds. The van der Waals surface area contributed by atoms with Gasteiger partial charge >= 0.3 is 5.97 Å². The second-order valence-electron chi connectivity index (χ2n) is 6.31. The second-order valence-corrected chi connectivity index (χ2v) is 6.31. The van der Waals surface area contributed by atoms with Gasteiger partial charge in [0.15, 0.2) is 0 Å². The Labute approximate surface area is 121 Å². The molecule has 0 radical (unpaired) electrons. The van der Waals surface area contributed by atoms with E-state index in [1.807, 2.05) is 13.8 Å². The van der Waals surface area contributed by atoms with Gasteiger partial charge in [0.1, 0.15) is 5.54 Å². The lowest BCUT2D eigenvalue weighted by Crippen LogP contribution is -2.58. The third-order valence-electron chi connectivity index (χ3n) is 4.70. The Balaban J connectivity index is 2.78. The van der Waals surface area contributed by atoms with Crippen molar-refractivity contribution in [3.63, 3.8) is 0 Å². The molecular formula is C15H28N2O3. The van der Waals surface area contributed by atoms with E-state index < -0.39 is 11.5 Å². The Kier molecular flexibility index (Phi) is 5.99. The van der Waals surface area contributed by atoms with E-state index in [9.17, 15) is 14.7 Å². The zero-order valence-corrected chi connectivity index (χ0v) is 12.8. The zero-order valence-electron chi connectivity index (χ0n) is 12.8. The highest BCUT2D eigenvalue weighted by Gasteiger charge is 2.43. The summed E-state index contributed by atoms with van der Waals surface area (Å²) in [4.78, 5) is 23.9. The number of hydrogen-bond acceptors (Lipinski definition) is 3. The molecule has 0 bridgehead atoms. The fraction of sp³-hybridized carbons (Fsp3) is 0.867. The monoisotopic (exact) mass is 284 g/mol. The molecule has 1 saturated carbocycles. The number of carboxylic acid groups (broad SMARTS) is 1. The number of nitrogens with two attached hydrogens (primary N) is 1. The van der Waals surface area contributed by atoms with Gasteiger partial charge in [-0.2, -0.15) is 0 Å². The quantitative estimate of drug-likeness (QED) is 0.693. The van der Waals surface area contributed by atoms with Crippen molar-refractivity contribution in [1.82, 2.24) is 5.32 Å². The predicted octanol–water partition coefficient (Wildman–Crippen LogP) is 1.76. The highest BCUT2D eigenvalue weighted by molar-refractivity contribution is 5.88. The summed E-state index contributed by atoms with van der Waals surface area (Å²) >= 11 is 0. The molecule has 0 spiro atoms. The summed E-state index contributed by atoms with van der Waals surface area (Å²) in [5, 5.41) is 12.3. The van der Waals surface area contributed by atoms with Gasteiger partial charge in [0, 0.05) is 6.54 Å². The number of amides is 1. The van der Waals surface area contributed by atoms with E-state index in [1.165, 1.54) is 0 Å². The SMILES string of the molecule is CCC1CCC(NC(=O)C(CN)C(C)C)(C(=O)O)CC1. The summed E-state index contributed by atoms with van der Waals surface area (Å²) in [5.74, 6) is -0.775. The van der Waals surface area contributed by atoms with E-state index >= 15 is 0 Å². The molecule has 1 fully saturated rings. The number of hydrogen-bond donors (Lipinski definition) is 3. The summed E-state index contributed by atoms with van der Waals surface area (Å²) in [7, 11) is 0. The molecule has 20 heavy (non-hydrogen) atoms. The fourth-order valence-corrected chi connectivity index (χ4v) is 2.98. The molecular weight excluding hydrogens is 256 g/mol. The lowest BCUT2D eigenvalue weighted by Gasteiger charge is -2.38. The highest BCUT2D eigenvalue weighted by Crippen LogP contribution is 2.34. The van der Waals surface area contributed by atoms with Gasteiger partial charge in [-0.05, 0) is 37.5 Å². The van der Waals surface area contributed by atoms with Crippen molar-refractivity contribution in [2.45, 2.75) is 58.4 Å². The Bertz CT molecular complexity index is 347. The molecule has 1 unspecified atom stereocenters. The minimum absolute atomic E-state index is 0.109. The number of carboxylic acids is 1. The Morgan fingerprint density at radius 3 is 2.25 bits per heavy atom. The zero-order chi connectivity index (χ0) is 15.3. The molecule has 1 aliphatic carbocycles. The van der Waals surface area contributed by atoms with Crippen molar-refractivity contribution in [3.8, 4) is 0 Å². The standard InChI is InChI=1S/C15H28N2O3/c1-4-11-5-7-15(8-6-11,14(19)20)17-13(18)12(9-16)10(2)3/h10-12H,4-9,16H2,1-3H3,(H,17,18)(H,19,20). The van der Waals surface area contributed by atoms with Gasteiger partial charge in [0.2, 0.25) is 5.91 Å². The van der Waals surface area contributed by atoms with Crippen molar-refractivity contribution in [3.05, 3.63) is 0 Å². The first-order valence-electron chi connectivity index (χ1n) is 7.61. The summed E-state index contributed by atoms with van der Waals surface area (Å²) in [5.41, 5.74) is 4.54. The van der Waals surface area contributed by atoms with Crippen LogP contribution in [0.5, 0.6) is 0 Å². The van der Waals surface area contributed by atoms with Crippen LogP contribution in [0, 0.1) is 17.8 Å². The summed E-state index contributed by atoms with van der Waals surface area (Å²) in [6.45, 7) is 6.23. The minimum Gasteiger partial charge on any atom is -0.480 e. The maximum Gasteiger partial charge on any atom is 0.329 e. The van der Waals surface area contributed by atoms with Crippen LogP contribution in [0.2, 0.25) is 0 Å². The van der Waals surface area contributed by atoms with Crippen molar-refractivity contribution in [2.24, 2.45) is 23.5 Å². The number of rotatable bonds is 6. The van der Waals surface area contributed by atoms with E-state index in [1.54, 1.807) is 0 Å². The molecule has 0 aromatic rings. The van der Waals surface area contributed by atoms with Crippen LogP contribution < -0.4 is 11.1 Å². The van der Waals surface area contributed by atoms with Crippen molar-refractivity contribution in [1.29, 1.82) is 0 Å². The Morgan fingerprint density at radius 1 is 1.35 bits per heavy atom. The molecule has 0 aromatic carbocycles. The number of carbonyl (C=O) groups excluding carboxylic acids is 1. The highest BCUT2D eigenvalue weighted by atomic mass is 16.4. The molecule has 1 atom stereocenters. The van der Waals surface area contributed by atoms with Crippen LogP contribution in [-0.4, -0.2) is 29.1 Å². The molecule has 0 heterocycles. The van der Waals surface area contributed by atoms with Gasteiger partial charge in [-0.25, -0.2) is 4.79 Å². The van der Waals surface area contributed by atoms with E-state index in [0.717, 1.165) is 19.3 Å². The Hall–Kier alpha value is -1.10. The van der Waals surface area contributed by atoms with Crippen LogP contribution in [0.1, 0.15) is 52.9 Å². The van der Waals surface area contributed by atoms with Gasteiger partial charge in [0.25, 0.3) is 0 Å². The van der Waals surface area contributed by atoms with Crippen molar-refractivity contribution in [2.75, 3.05) is 6.54 Å². The molecule has 116 valence electrons. The van der Waals surface area contributed by atoms with Crippen molar-refractivity contribution >= 4 is 11.9 Å². The largest absolute Gasteiger partial charge is 0.480 e. The molecule has 0 aliphatic heterocycles. The average molecular weight is 284 g/mol. The van der Waals surface area contributed by atoms with Crippen LogP contribution in [-0.2, 0) is 9.59 Å². The lowest BCUT2D eigenvalue weighted by molar-refractivity contribution is -0.150. The van der Waals surface area contributed by atoms with E-state index in [0.29, 0.717) is 18.8 Å². The summed E-state index contributed by atoms with van der Waals surface area (Å²) in [6.07, 6.45) is 3.82. The first-order valence-corrected chi connectivity index (χ1v) is 7.61. The van der Waals surface area contributed by atoms with E-state index in [-0.39, 0.29) is 24.3 Å². The van der Waals surface area contributed by atoms with Crippen molar-refractivity contribution < 1.29 is 14.7 Å². The number of carbonyl (C=O) groups is 2. The normalized spacial score (nSPS) is 28.1. The summed E-state index contributed by atoms with van der Waals surface area (Å²) in [6, 6.07) is 0. The van der Waals surface area contributed by atoms with E-state index in [2.05, 4.69) is 12.2 Å². The van der Waals surface area contributed by atoms with Crippen LogP contribution in [0.25, 0.3) is 0 Å². The second kappa shape index (κ2) is 7.07. The number of aliphatic carboxylic acids is 1. The fourth-order valence-electron chi connectivity index (χ4n) is 2.98. The van der Waals surface area contributed by atoms with Crippen LogP contribution in [0.15, 0.2) is 0 Å². The third-order valence-corrected chi connectivity index (χ3v) is 4.70. The lowest BCUT2D eigenvalue weighted by atomic mass is 9.75. The van der Waals surface area contributed by atoms with Gasteiger partial charge < -0.3 is 16.2 Å². The Morgan fingerprint density at radius 2 is 1.90 bits per heavy atom. The van der Waals surface area contributed by atoms with E-state index in [4.69, 9.17) is 5.73 Å². The maximum atomic E-state index is 12.3. The molecule has 0 aromatic heterocycles. The molecule has 0 saturated heterocycles. The molecule has 5 heteroatoms. The topological polar surface area (TPSA) is 92.4 Å². The third kappa shape index (κ3) is 3.72.